The van der Waals surface area contributed by atoms with Gasteiger partial charge in [-0.25, -0.2) is 0 Å². The highest BCUT2D eigenvalue weighted by molar-refractivity contribution is 6.31. The van der Waals surface area contributed by atoms with Gasteiger partial charge < -0.3 is 19.3 Å². The van der Waals surface area contributed by atoms with Gasteiger partial charge in [-0.2, -0.15) is 0 Å². The highest BCUT2D eigenvalue weighted by atomic mass is 35.5. The molecule has 1 aromatic carbocycles. The lowest BCUT2D eigenvalue weighted by Crippen LogP contribution is -2.44. The Hall–Kier alpha value is -0.970. The Bertz CT molecular complexity index is 473. The molecule has 0 aliphatic carbocycles. The highest BCUT2D eigenvalue weighted by Gasteiger charge is 2.17. The minimum atomic E-state index is 0.302. The molecule has 0 unspecified atom stereocenters. The summed E-state index contributed by atoms with van der Waals surface area (Å²) in [6.45, 7) is 6.13. The molecule has 0 amide bonds. The van der Waals surface area contributed by atoms with Crippen molar-refractivity contribution < 1.29 is 9.47 Å². The third kappa shape index (κ3) is 3.19. The molecule has 0 atom stereocenters. The molecule has 0 radical (unpaired) electrons. The second-order valence-corrected chi connectivity index (χ2v) is 5.95. The van der Waals surface area contributed by atoms with Gasteiger partial charge in [0.05, 0.1) is 0 Å². The number of nitrogens with zero attached hydrogens (tertiary/aromatic N) is 2. The van der Waals surface area contributed by atoms with Crippen LogP contribution in [0, 0.1) is 0 Å². The average Bonchev–Trinajstić information content (AvgIpc) is 2.88. The number of hydrogen-bond donors (Lipinski definition) is 0. The summed E-state index contributed by atoms with van der Waals surface area (Å²) in [5, 5.41) is 0.785. The average molecular weight is 297 g/mol. The molecule has 0 aromatic heterocycles. The zero-order valence-corrected chi connectivity index (χ0v) is 12.7. The van der Waals surface area contributed by atoms with Crippen LogP contribution >= 0.6 is 11.6 Å². The molecular weight excluding hydrogens is 276 g/mol. The summed E-state index contributed by atoms with van der Waals surface area (Å²) >= 11 is 6.29. The fourth-order valence-electron chi connectivity index (χ4n) is 2.72. The second-order valence-electron chi connectivity index (χ2n) is 5.55. The van der Waals surface area contributed by atoms with E-state index in [0.717, 1.165) is 41.5 Å². The number of aryl methyl sites for hydroxylation is 1. The van der Waals surface area contributed by atoms with Gasteiger partial charge in [-0.3, -0.25) is 0 Å². The van der Waals surface area contributed by atoms with Gasteiger partial charge in [-0.1, -0.05) is 11.6 Å². The molecule has 110 valence electrons. The Kier molecular flexibility index (Phi) is 4.34. The third-order valence-electron chi connectivity index (χ3n) is 4.06. The summed E-state index contributed by atoms with van der Waals surface area (Å²) in [5.41, 5.74) is 1.16. The van der Waals surface area contributed by atoms with Gasteiger partial charge in [0, 0.05) is 37.3 Å². The smallest absolute Gasteiger partial charge is 0.231 e. The quantitative estimate of drug-likeness (QED) is 0.851. The Morgan fingerprint density at radius 2 is 1.80 bits per heavy atom. The van der Waals surface area contributed by atoms with Crippen molar-refractivity contribution in [2.45, 2.75) is 12.8 Å². The summed E-state index contributed by atoms with van der Waals surface area (Å²) in [6.07, 6.45) is 2.12. The van der Waals surface area contributed by atoms with Crippen LogP contribution in [0.2, 0.25) is 5.02 Å². The Balaban J connectivity index is 1.51. The van der Waals surface area contributed by atoms with E-state index >= 15 is 0 Å². The maximum Gasteiger partial charge on any atom is 0.231 e. The fraction of sp³-hybridized carbons (Fsp3) is 0.600. The zero-order chi connectivity index (χ0) is 13.9. The van der Waals surface area contributed by atoms with Gasteiger partial charge >= 0.3 is 0 Å². The normalized spacial score (nSPS) is 19.5. The minimum Gasteiger partial charge on any atom is -0.454 e. The van der Waals surface area contributed by atoms with Crippen LogP contribution in [0.5, 0.6) is 11.5 Å². The van der Waals surface area contributed by atoms with Crippen LogP contribution in [0.3, 0.4) is 0 Å². The van der Waals surface area contributed by atoms with E-state index in [4.69, 9.17) is 21.1 Å². The summed E-state index contributed by atoms with van der Waals surface area (Å²) in [6, 6.07) is 3.89. The molecule has 1 fully saturated rings. The first-order valence-corrected chi connectivity index (χ1v) is 7.59. The van der Waals surface area contributed by atoms with Crippen LogP contribution in [0.4, 0.5) is 0 Å². The molecule has 0 spiro atoms. The number of fused-ring (bicyclic) bond motifs is 1. The summed E-state index contributed by atoms with van der Waals surface area (Å²) < 4.78 is 10.7. The van der Waals surface area contributed by atoms with Crippen molar-refractivity contribution in [1.82, 2.24) is 9.80 Å². The van der Waals surface area contributed by atoms with Crippen LogP contribution in [0.15, 0.2) is 12.1 Å². The van der Waals surface area contributed by atoms with Crippen molar-refractivity contribution in [3.63, 3.8) is 0 Å². The Morgan fingerprint density at radius 1 is 1.10 bits per heavy atom. The van der Waals surface area contributed by atoms with Crippen LogP contribution in [-0.4, -0.2) is 56.4 Å². The molecule has 1 aromatic rings. The molecule has 20 heavy (non-hydrogen) atoms. The molecule has 0 N–H and O–H groups in total. The lowest BCUT2D eigenvalue weighted by atomic mass is 10.1. The van der Waals surface area contributed by atoms with Gasteiger partial charge in [-0.15, -0.1) is 0 Å². The number of ether oxygens (including phenoxy) is 2. The molecule has 1 saturated heterocycles. The molecule has 0 bridgehead atoms. The van der Waals surface area contributed by atoms with Crippen molar-refractivity contribution in [3.05, 3.63) is 22.7 Å². The number of benzene rings is 1. The lowest BCUT2D eigenvalue weighted by Gasteiger charge is -2.32. The van der Waals surface area contributed by atoms with E-state index in [1.807, 2.05) is 12.1 Å². The molecule has 2 aliphatic rings. The molecule has 0 saturated carbocycles. The summed E-state index contributed by atoms with van der Waals surface area (Å²) in [5.74, 6) is 1.59. The predicted molar refractivity (Wildman–Crippen MR) is 79.8 cm³/mol. The van der Waals surface area contributed by atoms with E-state index in [0.29, 0.717) is 6.79 Å². The van der Waals surface area contributed by atoms with E-state index in [9.17, 15) is 0 Å². The first-order chi connectivity index (χ1) is 9.72. The van der Waals surface area contributed by atoms with Crippen LogP contribution in [0.1, 0.15) is 12.0 Å². The highest BCUT2D eigenvalue weighted by Crippen LogP contribution is 2.37. The van der Waals surface area contributed by atoms with Crippen LogP contribution in [0.25, 0.3) is 0 Å². The van der Waals surface area contributed by atoms with E-state index < -0.39 is 0 Å². The Labute approximate surface area is 125 Å². The van der Waals surface area contributed by atoms with Crippen LogP contribution in [-0.2, 0) is 6.42 Å². The van der Waals surface area contributed by atoms with Crippen molar-refractivity contribution in [2.75, 3.05) is 46.6 Å². The summed E-state index contributed by atoms with van der Waals surface area (Å²) in [7, 11) is 2.18. The zero-order valence-electron chi connectivity index (χ0n) is 11.9. The molecule has 5 heteroatoms. The number of halogens is 1. The van der Waals surface area contributed by atoms with Crippen LogP contribution < -0.4 is 9.47 Å². The van der Waals surface area contributed by atoms with Gasteiger partial charge in [0.2, 0.25) is 6.79 Å². The van der Waals surface area contributed by atoms with Gasteiger partial charge in [0.15, 0.2) is 11.5 Å². The largest absolute Gasteiger partial charge is 0.454 e. The van der Waals surface area contributed by atoms with E-state index in [-0.39, 0.29) is 0 Å². The van der Waals surface area contributed by atoms with Crippen molar-refractivity contribution in [3.8, 4) is 11.5 Å². The number of rotatable bonds is 4. The standard InChI is InChI=1S/C15H21ClN2O2/c1-17-5-7-18(8-6-17)4-2-3-12-9-14-15(10-13(12)16)20-11-19-14/h9-10H,2-8,11H2,1H3. The molecule has 2 heterocycles. The topological polar surface area (TPSA) is 24.9 Å². The SMILES string of the molecule is CN1CCN(CCCc2cc3c(cc2Cl)OCO3)CC1. The van der Waals surface area contributed by atoms with Crippen molar-refractivity contribution in [1.29, 1.82) is 0 Å². The fourth-order valence-corrected chi connectivity index (χ4v) is 2.96. The van der Waals surface area contributed by atoms with Gasteiger partial charge in [-0.05, 0) is 38.1 Å². The van der Waals surface area contributed by atoms with Crippen molar-refractivity contribution >= 4 is 11.6 Å². The van der Waals surface area contributed by atoms with E-state index in [1.165, 1.54) is 26.2 Å². The second kappa shape index (κ2) is 6.20. The first-order valence-electron chi connectivity index (χ1n) is 7.21. The first kappa shape index (κ1) is 14.0. The number of hydrogen-bond acceptors (Lipinski definition) is 4. The Morgan fingerprint density at radius 3 is 2.55 bits per heavy atom. The lowest BCUT2D eigenvalue weighted by molar-refractivity contribution is 0.153. The number of piperazine rings is 1. The molecule has 4 nitrogen and oxygen atoms in total. The van der Waals surface area contributed by atoms with E-state index in [1.54, 1.807) is 0 Å². The number of likely N-dealkylation sites (N-methyl/N-ethyl adjacent to an activating group) is 1. The van der Waals surface area contributed by atoms with E-state index in [2.05, 4.69) is 16.8 Å². The monoisotopic (exact) mass is 296 g/mol. The van der Waals surface area contributed by atoms with Gasteiger partial charge in [0.1, 0.15) is 0 Å². The minimum absolute atomic E-state index is 0.302. The van der Waals surface area contributed by atoms with Crippen molar-refractivity contribution in [2.24, 2.45) is 0 Å². The molecule has 2 aliphatic heterocycles. The third-order valence-corrected chi connectivity index (χ3v) is 4.41. The molecular formula is C15H21ClN2O2. The summed E-state index contributed by atoms with van der Waals surface area (Å²) in [4.78, 5) is 4.91. The maximum atomic E-state index is 6.29. The molecule has 3 rings (SSSR count). The van der Waals surface area contributed by atoms with Gasteiger partial charge in [0.25, 0.3) is 0 Å². The maximum absolute atomic E-state index is 6.29. The predicted octanol–water partition coefficient (Wildman–Crippen LogP) is 2.25.